The molecule has 1 aliphatic carbocycles. The summed E-state index contributed by atoms with van der Waals surface area (Å²) in [5, 5.41) is 6.18. The fraction of sp³-hybridized carbons (Fsp3) is 0.485. The van der Waals surface area contributed by atoms with E-state index in [1.165, 1.54) is 0 Å². The topological polar surface area (TPSA) is 115 Å². The molecular weight excluding hydrogens is 550 g/mol. The minimum Gasteiger partial charge on any atom is -0.497 e. The third-order valence-electron chi connectivity index (χ3n) is 9.30. The average molecular weight is 590 g/mol. The van der Waals surface area contributed by atoms with Gasteiger partial charge in [-0.3, -0.25) is 14.4 Å². The molecule has 3 aliphatic heterocycles. The van der Waals surface area contributed by atoms with E-state index in [-0.39, 0.29) is 30.3 Å². The van der Waals surface area contributed by atoms with Gasteiger partial charge in [-0.25, -0.2) is 0 Å². The van der Waals surface area contributed by atoms with Crippen LogP contribution in [-0.4, -0.2) is 74.3 Å². The van der Waals surface area contributed by atoms with E-state index in [1.54, 1.807) is 50.5 Å². The number of carbonyl (C=O) groups excluding carboxylic acids is 3. The Hall–Kier alpha value is -4.05. The smallest absolute Gasteiger partial charge is 0.246 e. The van der Waals surface area contributed by atoms with E-state index in [4.69, 9.17) is 18.9 Å². The quantitative estimate of drug-likeness (QED) is 0.408. The molecule has 1 spiro atoms. The Balaban J connectivity index is 1.28. The predicted molar refractivity (Wildman–Crippen MR) is 159 cm³/mol. The number of fused-ring (bicyclic) bond motifs is 1. The van der Waals surface area contributed by atoms with Gasteiger partial charge >= 0.3 is 0 Å². The van der Waals surface area contributed by atoms with Gasteiger partial charge in [0.1, 0.15) is 17.4 Å². The first-order chi connectivity index (χ1) is 20.9. The molecule has 3 amide bonds. The Kier molecular flexibility index (Phi) is 8.05. The van der Waals surface area contributed by atoms with Crippen molar-refractivity contribution in [2.45, 2.75) is 62.3 Å². The molecule has 0 unspecified atom stereocenters. The summed E-state index contributed by atoms with van der Waals surface area (Å²) in [6, 6.07) is 11.9. The molecular formula is C33H39N3O7. The highest BCUT2D eigenvalue weighted by atomic mass is 16.5. The first-order valence-corrected chi connectivity index (χ1v) is 15.0. The lowest BCUT2D eigenvalue weighted by Gasteiger charge is -2.34. The van der Waals surface area contributed by atoms with Crippen molar-refractivity contribution in [1.82, 2.24) is 10.2 Å². The summed E-state index contributed by atoms with van der Waals surface area (Å²) in [7, 11) is 4.72. The molecule has 1 saturated carbocycles. The highest BCUT2D eigenvalue weighted by Gasteiger charge is 2.72. The van der Waals surface area contributed by atoms with Crippen LogP contribution in [0.5, 0.6) is 17.2 Å². The number of nitrogens with one attached hydrogen (secondary N) is 2. The number of carbonyl (C=O) groups is 3. The highest BCUT2D eigenvalue weighted by Crippen LogP contribution is 2.55. The number of nitrogens with zero attached hydrogens (tertiary/aromatic N) is 1. The second-order valence-corrected chi connectivity index (χ2v) is 11.7. The Bertz CT molecular complexity index is 1420. The van der Waals surface area contributed by atoms with Crippen LogP contribution in [0.25, 0.3) is 0 Å². The molecule has 10 heteroatoms. The third kappa shape index (κ3) is 5.22. The van der Waals surface area contributed by atoms with Crippen LogP contribution in [0.2, 0.25) is 0 Å². The van der Waals surface area contributed by atoms with E-state index >= 15 is 0 Å². The maximum absolute atomic E-state index is 14.3. The van der Waals surface area contributed by atoms with Gasteiger partial charge in [-0.05, 0) is 49.1 Å². The largest absolute Gasteiger partial charge is 0.497 e. The number of hydrogen-bond donors (Lipinski definition) is 2. The van der Waals surface area contributed by atoms with E-state index < -0.39 is 29.6 Å². The van der Waals surface area contributed by atoms with Crippen LogP contribution in [0.15, 0.2) is 54.6 Å². The predicted octanol–water partition coefficient (Wildman–Crippen LogP) is 3.49. The van der Waals surface area contributed by atoms with Gasteiger partial charge in [0.15, 0.2) is 11.5 Å². The lowest BCUT2D eigenvalue weighted by atomic mass is 9.74. The number of anilines is 1. The van der Waals surface area contributed by atoms with E-state index in [0.717, 1.165) is 37.7 Å². The molecule has 3 fully saturated rings. The second kappa shape index (κ2) is 11.9. The van der Waals surface area contributed by atoms with Gasteiger partial charge in [-0.15, -0.1) is 0 Å². The summed E-state index contributed by atoms with van der Waals surface area (Å²) in [5.41, 5.74) is 0.279. The normalized spacial score (nSPS) is 27.6. The van der Waals surface area contributed by atoms with Crippen LogP contribution < -0.4 is 24.8 Å². The Morgan fingerprint density at radius 1 is 0.977 bits per heavy atom. The minimum absolute atomic E-state index is 0.0641. The Morgan fingerprint density at radius 2 is 1.77 bits per heavy atom. The molecule has 43 heavy (non-hydrogen) atoms. The van der Waals surface area contributed by atoms with E-state index in [9.17, 15) is 14.4 Å². The zero-order valence-corrected chi connectivity index (χ0v) is 24.8. The molecule has 2 saturated heterocycles. The second-order valence-electron chi connectivity index (χ2n) is 11.7. The maximum Gasteiger partial charge on any atom is 0.246 e. The number of benzene rings is 2. The van der Waals surface area contributed by atoms with Crippen LogP contribution in [0.4, 0.5) is 5.69 Å². The van der Waals surface area contributed by atoms with Crippen molar-refractivity contribution in [3.8, 4) is 17.2 Å². The van der Waals surface area contributed by atoms with Crippen LogP contribution in [0.3, 0.4) is 0 Å². The number of rotatable bonds is 10. The molecule has 4 aliphatic rings. The lowest BCUT2D eigenvalue weighted by molar-refractivity contribution is -0.141. The Morgan fingerprint density at radius 3 is 2.51 bits per heavy atom. The van der Waals surface area contributed by atoms with Gasteiger partial charge in [0.2, 0.25) is 17.7 Å². The molecule has 5 atom stereocenters. The van der Waals surface area contributed by atoms with Gasteiger partial charge in [0.05, 0.1) is 39.3 Å². The summed E-state index contributed by atoms with van der Waals surface area (Å²) in [6.07, 6.45) is 8.68. The zero-order valence-electron chi connectivity index (χ0n) is 24.8. The van der Waals surface area contributed by atoms with Gasteiger partial charge < -0.3 is 34.5 Å². The number of ether oxygens (including phenoxy) is 4. The molecule has 0 radical (unpaired) electrons. The van der Waals surface area contributed by atoms with Crippen molar-refractivity contribution in [3.05, 3.63) is 60.2 Å². The monoisotopic (exact) mass is 589 g/mol. The van der Waals surface area contributed by atoms with Gasteiger partial charge in [-0.1, -0.05) is 43.5 Å². The number of amides is 3. The summed E-state index contributed by atoms with van der Waals surface area (Å²) in [4.78, 5) is 43.7. The summed E-state index contributed by atoms with van der Waals surface area (Å²) in [5.74, 6) is -0.584. The number of likely N-dealkylation sites (tertiary alicyclic amines) is 1. The van der Waals surface area contributed by atoms with Crippen molar-refractivity contribution in [2.75, 3.05) is 33.2 Å². The zero-order chi connectivity index (χ0) is 30.1. The fourth-order valence-electron chi connectivity index (χ4n) is 7.25. The van der Waals surface area contributed by atoms with Crippen molar-refractivity contribution in [2.24, 2.45) is 11.8 Å². The van der Waals surface area contributed by atoms with Gasteiger partial charge in [0.25, 0.3) is 0 Å². The van der Waals surface area contributed by atoms with E-state index in [0.29, 0.717) is 29.4 Å². The molecule has 2 bridgehead atoms. The van der Waals surface area contributed by atoms with E-state index in [2.05, 4.69) is 10.6 Å². The minimum atomic E-state index is -1.21. The molecule has 2 N–H and O–H groups in total. The Labute approximate surface area is 251 Å². The maximum atomic E-state index is 14.3. The summed E-state index contributed by atoms with van der Waals surface area (Å²) >= 11 is 0. The summed E-state index contributed by atoms with van der Waals surface area (Å²) in [6.45, 7) is 0.279. The summed E-state index contributed by atoms with van der Waals surface area (Å²) < 4.78 is 22.6. The molecule has 228 valence electrons. The standard InChI is InChI=1S/C33H39N3O7/c1-40-23-11-7-10-22(19-23)35-30(37)27-25-14-16-33(43-25)28(27)32(39)36(29(33)31(38)34-21-8-5-4-6-9-21)17-15-20-12-13-24(41-2)26(18-20)42-3/h7,10-14,16,18-19,21,25,27-29H,4-6,8-9,15,17H2,1-3H3,(H,34,38)(H,35,37)/t25-,27-,28-,29+,33-/m0/s1. The van der Waals surface area contributed by atoms with Crippen LogP contribution in [0.1, 0.15) is 37.7 Å². The molecule has 0 aromatic heterocycles. The van der Waals surface area contributed by atoms with Crippen molar-refractivity contribution >= 4 is 23.4 Å². The SMILES string of the molecule is COc1cccc(NC(=O)[C@H]2[C@@H]3C=C[C@]4(O3)[C@@H]2C(=O)N(CCc2ccc(OC)c(OC)c2)[C@@H]4C(=O)NC2CCCCC2)c1. The fourth-order valence-corrected chi connectivity index (χ4v) is 7.25. The van der Waals surface area contributed by atoms with Crippen LogP contribution >= 0.6 is 0 Å². The van der Waals surface area contributed by atoms with Gasteiger partial charge in [0, 0.05) is 24.3 Å². The van der Waals surface area contributed by atoms with Crippen molar-refractivity contribution in [3.63, 3.8) is 0 Å². The van der Waals surface area contributed by atoms with Crippen LogP contribution in [-0.2, 0) is 25.5 Å². The molecule has 3 heterocycles. The molecule has 2 aromatic carbocycles. The number of methoxy groups -OCH3 is 3. The molecule has 10 nitrogen and oxygen atoms in total. The molecule has 2 aromatic rings. The highest BCUT2D eigenvalue weighted by molar-refractivity contribution is 6.02. The lowest BCUT2D eigenvalue weighted by Crippen LogP contribution is -2.56. The van der Waals surface area contributed by atoms with E-state index in [1.807, 2.05) is 30.4 Å². The van der Waals surface area contributed by atoms with Crippen LogP contribution in [0, 0.1) is 11.8 Å². The third-order valence-corrected chi connectivity index (χ3v) is 9.30. The first kappa shape index (κ1) is 29.0. The average Bonchev–Trinajstić information content (AvgIpc) is 3.67. The molecule has 6 rings (SSSR count). The number of hydrogen-bond acceptors (Lipinski definition) is 7. The van der Waals surface area contributed by atoms with Gasteiger partial charge in [-0.2, -0.15) is 0 Å². The van der Waals surface area contributed by atoms with Crippen molar-refractivity contribution in [1.29, 1.82) is 0 Å². The first-order valence-electron chi connectivity index (χ1n) is 15.0. The van der Waals surface area contributed by atoms with Crippen molar-refractivity contribution < 1.29 is 33.3 Å².